The first kappa shape index (κ1) is 9.20. The molecule has 66 valence electrons. The number of aliphatic hydroxyl groups is 1. The summed E-state index contributed by atoms with van der Waals surface area (Å²) in [5, 5.41) is 9.34. The molecule has 12 heavy (non-hydrogen) atoms. The smallest absolute Gasteiger partial charge is 0.162 e. The van der Waals surface area contributed by atoms with Crippen molar-refractivity contribution in [2.24, 2.45) is 0 Å². The molecule has 1 rings (SSSR count). The van der Waals surface area contributed by atoms with Gasteiger partial charge in [0.15, 0.2) is 5.78 Å². The molecule has 2 nitrogen and oxygen atoms in total. The Labute approximate surface area is 72.6 Å². The zero-order valence-electron chi connectivity index (χ0n) is 7.50. The molecule has 0 bridgehead atoms. The first-order chi connectivity index (χ1) is 5.66. The van der Waals surface area contributed by atoms with Crippen molar-refractivity contribution in [2.45, 2.75) is 32.8 Å². The predicted molar refractivity (Wildman–Crippen MR) is 47.8 cm³/mol. The molecule has 1 aliphatic carbocycles. The van der Waals surface area contributed by atoms with E-state index in [4.69, 9.17) is 0 Å². The van der Waals surface area contributed by atoms with Crippen LogP contribution in [-0.2, 0) is 4.79 Å². The first-order valence-corrected chi connectivity index (χ1v) is 4.19. The van der Waals surface area contributed by atoms with Crippen molar-refractivity contribution < 1.29 is 9.90 Å². The molecule has 0 spiro atoms. The van der Waals surface area contributed by atoms with E-state index in [0.717, 1.165) is 11.1 Å². The fraction of sp³-hybridized carbons (Fsp3) is 0.500. The monoisotopic (exact) mass is 166 g/mol. The highest BCUT2D eigenvalue weighted by Crippen LogP contribution is 2.25. The topological polar surface area (TPSA) is 37.3 Å². The summed E-state index contributed by atoms with van der Waals surface area (Å²) in [5.41, 5.74) is 1.64. The molecule has 0 saturated heterocycles. The van der Waals surface area contributed by atoms with Gasteiger partial charge in [-0.3, -0.25) is 4.79 Å². The summed E-state index contributed by atoms with van der Waals surface area (Å²) in [5.74, 6) is 0.0955. The van der Waals surface area contributed by atoms with E-state index in [2.05, 4.69) is 0 Å². The standard InChI is InChI=1S/C10H14O2/c1-3-4-5-8-7(2)9(11)6-10(8)12/h3-4,9,11H,5-6H2,1-2H3/t9-/m1/s1. The molecule has 0 heterocycles. The van der Waals surface area contributed by atoms with Crippen molar-refractivity contribution in [2.75, 3.05) is 0 Å². The third kappa shape index (κ3) is 1.64. The van der Waals surface area contributed by atoms with Gasteiger partial charge in [0.1, 0.15) is 0 Å². The van der Waals surface area contributed by atoms with E-state index in [1.54, 1.807) is 0 Å². The average molecular weight is 166 g/mol. The summed E-state index contributed by atoms with van der Waals surface area (Å²) in [4.78, 5) is 11.2. The highest BCUT2D eigenvalue weighted by atomic mass is 16.3. The van der Waals surface area contributed by atoms with Crippen LogP contribution < -0.4 is 0 Å². The van der Waals surface area contributed by atoms with Crippen molar-refractivity contribution in [1.29, 1.82) is 0 Å². The molecule has 0 aromatic heterocycles. The van der Waals surface area contributed by atoms with Crippen LogP contribution in [0.15, 0.2) is 23.3 Å². The van der Waals surface area contributed by atoms with E-state index >= 15 is 0 Å². The number of aliphatic hydroxyl groups excluding tert-OH is 1. The second-order valence-corrected chi connectivity index (χ2v) is 3.08. The Morgan fingerprint density at radius 1 is 1.67 bits per heavy atom. The Balaban J connectivity index is 2.78. The largest absolute Gasteiger partial charge is 0.388 e. The molecule has 1 N–H and O–H groups in total. The number of carbonyl (C=O) groups is 1. The van der Waals surface area contributed by atoms with Crippen LogP contribution in [0, 0.1) is 0 Å². The lowest BCUT2D eigenvalue weighted by atomic mass is 10.1. The summed E-state index contributed by atoms with van der Waals surface area (Å²) in [6.45, 7) is 3.75. The summed E-state index contributed by atoms with van der Waals surface area (Å²) in [6, 6.07) is 0. The molecular weight excluding hydrogens is 152 g/mol. The quantitative estimate of drug-likeness (QED) is 0.633. The highest BCUT2D eigenvalue weighted by molar-refractivity contribution is 5.99. The fourth-order valence-corrected chi connectivity index (χ4v) is 1.38. The third-order valence-corrected chi connectivity index (χ3v) is 2.25. The lowest BCUT2D eigenvalue weighted by Gasteiger charge is -1.99. The molecule has 2 heteroatoms. The van der Waals surface area contributed by atoms with Gasteiger partial charge in [-0.05, 0) is 25.8 Å². The van der Waals surface area contributed by atoms with Gasteiger partial charge in [-0.25, -0.2) is 0 Å². The number of hydrogen-bond acceptors (Lipinski definition) is 2. The van der Waals surface area contributed by atoms with Gasteiger partial charge in [-0.2, -0.15) is 0 Å². The second kappa shape index (κ2) is 3.68. The Kier molecular flexibility index (Phi) is 2.82. The van der Waals surface area contributed by atoms with Crippen LogP contribution in [-0.4, -0.2) is 17.0 Å². The van der Waals surface area contributed by atoms with Crippen LogP contribution in [0.25, 0.3) is 0 Å². The van der Waals surface area contributed by atoms with E-state index in [-0.39, 0.29) is 12.2 Å². The lowest BCUT2D eigenvalue weighted by molar-refractivity contribution is -0.115. The van der Waals surface area contributed by atoms with Crippen molar-refractivity contribution in [1.82, 2.24) is 0 Å². The average Bonchev–Trinajstić information content (AvgIpc) is 2.25. The maximum Gasteiger partial charge on any atom is 0.162 e. The van der Waals surface area contributed by atoms with Gasteiger partial charge in [0.05, 0.1) is 6.10 Å². The van der Waals surface area contributed by atoms with Crippen molar-refractivity contribution >= 4 is 5.78 Å². The Morgan fingerprint density at radius 3 is 2.75 bits per heavy atom. The van der Waals surface area contributed by atoms with Crippen molar-refractivity contribution in [3.63, 3.8) is 0 Å². The Bertz CT molecular complexity index is 249. The van der Waals surface area contributed by atoms with E-state index in [9.17, 15) is 9.90 Å². The molecule has 0 aromatic rings. The molecule has 0 saturated carbocycles. The van der Waals surface area contributed by atoms with Gasteiger partial charge in [0.25, 0.3) is 0 Å². The minimum Gasteiger partial charge on any atom is -0.388 e. The van der Waals surface area contributed by atoms with Crippen molar-refractivity contribution in [3.05, 3.63) is 23.3 Å². The summed E-state index contributed by atoms with van der Waals surface area (Å²) >= 11 is 0. The SMILES string of the molecule is CC=CCC1=C(C)[C@H](O)CC1=O. The van der Waals surface area contributed by atoms with Crippen LogP contribution in [0.5, 0.6) is 0 Å². The van der Waals surface area contributed by atoms with Gasteiger partial charge in [0.2, 0.25) is 0 Å². The zero-order valence-corrected chi connectivity index (χ0v) is 7.50. The number of ketones is 1. The summed E-state index contributed by atoms with van der Waals surface area (Å²) in [7, 11) is 0. The molecule has 1 aliphatic rings. The minimum atomic E-state index is -0.530. The van der Waals surface area contributed by atoms with Crippen LogP contribution in [0.1, 0.15) is 26.7 Å². The lowest BCUT2D eigenvalue weighted by Crippen LogP contribution is -2.03. The molecule has 0 amide bonds. The molecule has 1 atom stereocenters. The number of carbonyl (C=O) groups excluding carboxylic acids is 1. The zero-order chi connectivity index (χ0) is 9.14. The summed E-state index contributed by atoms with van der Waals surface area (Å²) in [6.07, 6.45) is 4.27. The fourth-order valence-electron chi connectivity index (χ4n) is 1.38. The predicted octanol–water partition coefficient (Wildman–Crippen LogP) is 1.60. The van der Waals surface area contributed by atoms with E-state index < -0.39 is 6.10 Å². The molecule has 0 fully saturated rings. The minimum absolute atomic E-state index is 0.0955. The van der Waals surface area contributed by atoms with E-state index in [1.165, 1.54) is 0 Å². The van der Waals surface area contributed by atoms with Crippen LogP contribution in [0.3, 0.4) is 0 Å². The molecule has 0 aliphatic heterocycles. The highest BCUT2D eigenvalue weighted by Gasteiger charge is 2.26. The van der Waals surface area contributed by atoms with Gasteiger partial charge in [0, 0.05) is 12.0 Å². The van der Waals surface area contributed by atoms with Crippen molar-refractivity contribution in [3.8, 4) is 0 Å². The van der Waals surface area contributed by atoms with Gasteiger partial charge < -0.3 is 5.11 Å². The third-order valence-electron chi connectivity index (χ3n) is 2.25. The Hall–Kier alpha value is -0.890. The number of rotatable bonds is 2. The molecule has 0 unspecified atom stereocenters. The van der Waals surface area contributed by atoms with Crippen LogP contribution in [0.4, 0.5) is 0 Å². The number of Topliss-reactive ketones (excluding diaryl/α,β-unsaturated/α-hetero) is 1. The molecule has 0 radical (unpaired) electrons. The second-order valence-electron chi connectivity index (χ2n) is 3.08. The number of hydrogen-bond donors (Lipinski definition) is 1. The molecule has 0 aromatic carbocycles. The normalized spacial score (nSPS) is 24.6. The maximum absolute atomic E-state index is 11.2. The van der Waals surface area contributed by atoms with Gasteiger partial charge >= 0.3 is 0 Å². The number of allylic oxidation sites excluding steroid dienone is 3. The van der Waals surface area contributed by atoms with Gasteiger partial charge in [-0.1, -0.05) is 12.2 Å². The van der Waals surface area contributed by atoms with E-state index in [0.29, 0.717) is 6.42 Å². The van der Waals surface area contributed by atoms with Crippen LogP contribution >= 0.6 is 0 Å². The van der Waals surface area contributed by atoms with E-state index in [1.807, 2.05) is 26.0 Å². The van der Waals surface area contributed by atoms with Crippen LogP contribution in [0.2, 0.25) is 0 Å². The first-order valence-electron chi connectivity index (χ1n) is 4.19. The Morgan fingerprint density at radius 2 is 2.33 bits per heavy atom. The molecular formula is C10H14O2. The summed E-state index contributed by atoms with van der Waals surface area (Å²) < 4.78 is 0. The van der Waals surface area contributed by atoms with Gasteiger partial charge in [-0.15, -0.1) is 0 Å². The maximum atomic E-state index is 11.2.